The number of benzene rings is 1. The number of hydrogen-bond donors (Lipinski definition) is 2. The van der Waals surface area contributed by atoms with Crippen molar-refractivity contribution in [1.82, 2.24) is 14.4 Å². The maximum absolute atomic E-state index is 13.9. The first-order chi connectivity index (χ1) is 9.72. The van der Waals surface area contributed by atoms with E-state index in [-0.39, 0.29) is 11.4 Å². The van der Waals surface area contributed by atoms with Gasteiger partial charge in [0.1, 0.15) is 11.4 Å². The van der Waals surface area contributed by atoms with Crippen molar-refractivity contribution in [1.29, 1.82) is 0 Å². The molecule has 98 valence electrons. The Labute approximate surface area is 110 Å². The fourth-order valence-electron chi connectivity index (χ4n) is 2.60. The molecule has 0 atom stereocenters. The molecule has 0 amide bonds. The second-order valence-electron chi connectivity index (χ2n) is 4.41. The number of nitrogens with one attached hydrogen (secondary N) is 1. The number of aromatic amines is 1. The van der Waals surface area contributed by atoms with Gasteiger partial charge in [0.05, 0.1) is 11.9 Å². The van der Waals surface area contributed by atoms with Crippen LogP contribution in [-0.4, -0.2) is 25.3 Å². The lowest BCUT2D eigenvalue weighted by atomic mass is 10.1. The number of aromatic nitrogens is 3. The summed E-state index contributed by atoms with van der Waals surface area (Å²) in [6, 6.07) is 7.07. The fraction of sp³-hybridized carbons (Fsp3) is 0. The van der Waals surface area contributed by atoms with Crippen molar-refractivity contribution in [2.75, 3.05) is 0 Å². The highest BCUT2D eigenvalue weighted by Gasteiger charge is 2.30. The lowest BCUT2D eigenvalue weighted by Crippen LogP contribution is -2.16. The molecule has 2 aromatic heterocycles. The monoisotopic (exact) mass is 270 g/mol. The Hall–Kier alpha value is -2.96. The zero-order valence-electron chi connectivity index (χ0n) is 9.96. The first-order valence-electron chi connectivity index (χ1n) is 5.84. The van der Waals surface area contributed by atoms with E-state index in [4.69, 9.17) is 0 Å². The highest BCUT2D eigenvalue weighted by Crippen LogP contribution is 2.34. The molecule has 0 spiro atoms. The van der Waals surface area contributed by atoms with Crippen molar-refractivity contribution < 1.29 is 9.60 Å². The van der Waals surface area contributed by atoms with Crippen LogP contribution in [0.5, 0.6) is 0 Å². The van der Waals surface area contributed by atoms with Crippen LogP contribution in [0.4, 0.5) is 4.39 Å². The zero-order chi connectivity index (χ0) is 13.9. The molecular formula is C13H7FN4O2. The normalized spacial score (nSPS) is 14.8. The highest BCUT2D eigenvalue weighted by atomic mass is 19.1. The summed E-state index contributed by atoms with van der Waals surface area (Å²) < 4.78 is 15.0. The van der Waals surface area contributed by atoms with Crippen molar-refractivity contribution >= 4 is 11.4 Å². The summed E-state index contributed by atoms with van der Waals surface area (Å²) in [5.41, 5.74) is 1.65. The maximum atomic E-state index is 13.9. The molecule has 4 rings (SSSR count). The number of hydrogen-bond acceptors (Lipinski definition) is 4. The van der Waals surface area contributed by atoms with Gasteiger partial charge in [-0.25, -0.2) is 4.98 Å². The minimum absolute atomic E-state index is 0.0739. The van der Waals surface area contributed by atoms with Gasteiger partial charge in [0.15, 0.2) is 0 Å². The van der Waals surface area contributed by atoms with Gasteiger partial charge in [-0.1, -0.05) is 29.4 Å². The second kappa shape index (κ2) is 3.53. The van der Waals surface area contributed by atoms with Crippen molar-refractivity contribution in [3.05, 3.63) is 58.0 Å². The van der Waals surface area contributed by atoms with E-state index in [2.05, 4.69) is 15.1 Å². The largest absolute Gasteiger partial charge is 0.410 e. The van der Waals surface area contributed by atoms with E-state index >= 15 is 0 Å². The molecule has 1 aromatic carbocycles. The van der Waals surface area contributed by atoms with Crippen LogP contribution < -0.4 is 5.56 Å². The SMILES string of the molecule is O=c1[nH]c2c(n3c(F)cnc13)/C(=N/O)c1ccccc1-2. The topological polar surface area (TPSA) is 82.8 Å². The van der Waals surface area contributed by atoms with E-state index in [9.17, 15) is 14.4 Å². The highest BCUT2D eigenvalue weighted by molar-refractivity contribution is 6.22. The third-order valence-corrected chi connectivity index (χ3v) is 3.40. The third kappa shape index (κ3) is 1.14. The molecule has 2 N–H and O–H groups in total. The van der Waals surface area contributed by atoms with Crippen LogP contribution in [0.25, 0.3) is 16.9 Å². The van der Waals surface area contributed by atoms with Crippen LogP contribution in [0.3, 0.4) is 0 Å². The summed E-state index contributed by atoms with van der Waals surface area (Å²) in [5.74, 6) is -0.684. The van der Waals surface area contributed by atoms with E-state index < -0.39 is 11.5 Å². The van der Waals surface area contributed by atoms with Crippen molar-refractivity contribution in [3.8, 4) is 11.3 Å². The summed E-state index contributed by atoms with van der Waals surface area (Å²) >= 11 is 0. The first kappa shape index (κ1) is 10.9. The Bertz CT molecular complexity index is 955. The molecule has 0 bridgehead atoms. The van der Waals surface area contributed by atoms with Crippen molar-refractivity contribution in [2.45, 2.75) is 0 Å². The lowest BCUT2D eigenvalue weighted by Gasteiger charge is -2.04. The smallest absolute Gasteiger partial charge is 0.292 e. The zero-order valence-corrected chi connectivity index (χ0v) is 9.96. The van der Waals surface area contributed by atoms with Gasteiger partial charge in [-0.15, -0.1) is 0 Å². The van der Waals surface area contributed by atoms with E-state index in [1.54, 1.807) is 24.3 Å². The average molecular weight is 270 g/mol. The van der Waals surface area contributed by atoms with Gasteiger partial charge < -0.3 is 10.2 Å². The second-order valence-corrected chi connectivity index (χ2v) is 4.41. The number of nitrogens with zero attached hydrogens (tertiary/aromatic N) is 3. The predicted octanol–water partition coefficient (Wildman–Crippen LogP) is 1.37. The van der Waals surface area contributed by atoms with Crippen molar-refractivity contribution in [3.63, 3.8) is 0 Å². The standard InChI is InChI=1S/C13H7FN4O2/c14-8-5-15-12-13(19)16-9-6-3-1-2-4-7(6)10(17-20)11(9)18(8)12/h1-5,20H,(H,16,19)/b17-10+. The Balaban J connectivity index is 2.28. The molecule has 1 aliphatic carbocycles. The van der Waals surface area contributed by atoms with E-state index in [1.165, 1.54) is 0 Å². The van der Waals surface area contributed by atoms with E-state index in [0.717, 1.165) is 10.6 Å². The third-order valence-electron chi connectivity index (χ3n) is 3.40. The van der Waals surface area contributed by atoms with Gasteiger partial charge in [-0.2, -0.15) is 4.39 Å². The number of halogens is 1. The minimum atomic E-state index is -0.684. The molecule has 3 aromatic rings. The number of imidazole rings is 1. The van der Waals surface area contributed by atoms with Gasteiger partial charge >= 0.3 is 0 Å². The van der Waals surface area contributed by atoms with Crippen LogP contribution in [0, 0.1) is 5.95 Å². The predicted molar refractivity (Wildman–Crippen MR) is 68.6 cm³/mol. The molecule has 0 saturated heterocycles. The summed E-state index contributed by atoms with van der Waals surface area (Å²) in [5, 5.41) is 12.5. The van der Waals surface area contributed by atoms with Crippen LogP contribution >= 0.6 is 0 Å². The lowest BCUT2D eigenvalue weighted by molar-refractivity contribution is 0.319. The molecule has 0 saturated carbocycles. The quantitative estimate of drug-likeness (QED) is 0.374. The van der Waals surface area contributed by atoms with Gasteiger partial charge in [0, 0.05) is 11.1 Å². The van der Waals surface area contributed by atoms with Crippen molar-refractivity contribution in [2.24, 2.45) is 5.16 Å². The minimum Gasteiger partial charge on any atom is -0.410 e. The van der Waals surface area contributed by atoms with Crippen LogP contribution in [-0.2, 0) is 0 Å². The number of H-pyrrole nitrogens is 1. The molecule has 1 aliphatic rings. The van der Waals surface area contributed by atoms with Gasteiger partial charge in [-0.3, -0.25) is 9.20 Å². The molecule has 0 unspecified atom stereocenters. The molecular weight excluding hydrogens is 263 g/mol. The number of fused-ring (bicyclic) bond motifs is 5. The first-order valence-corrected chi connectivity index (χ1v) is 5.84. The molecule has 7 heteroatoms. The Kier molecular flexibility index (Phi) is 1.93. The maximum Gasteiger partial charge on any atom is 0.292 e. The number of oxime groups is 1. The Morgan fingerprint density at radius 1 is 1.30 bits per heavy atom. The van der Waals surface area contributed by atoms with E-state index in [1.807, 2.05) is 0 Å². The van der Waals surface area contributed by atoms with Crippen LogP contribution in [0.15, 0.2) is 40.4 Å². The molecule has 6 nitrogen and oxygen atoms in total. The molecule has 20 heavy (non-hydrogen) atoms. The Morgan fingerprint density at radius 2 is 2.05 bits per heavy atom. The molecule has 0 aliphatic heterocycles. The van der Waals surface area contributed by atoms with Gasteiger partial charge in [0.2, 0.25) is 11.6 Å². The summed E-state index contributed by atoms with van der Waals surface area (Å²) in [6.07, 6.45) is 0.961. The molecule has 0 fully saturated rings. The average Bonchev–Trinajstić information content (AvgIpc) is 2.98. The van der Waals surface area contributed by atoms with Crippen LogP contribution in [0.2, 0.25) is 0 Å². The van der Waals surface area contributed by atoms with Gasteiger partial charge in [0.25, 0.3) is 5.56 Å². The summed E-state index contributed by atoms with van der Waals surface area (Å²) in [4.78, 5) is 18.4. The fourth-order valence-corrected chi connectivity index (χ4v) is 2.60. The van der Waals surface area contributed by atoms with Crippen LogP contribution in [0.1, 0.15) is 11.3 Å². The summed E-state index contributed by atoms with van der Waals surface area (Å²) in [6.45, 7) is 0. The Morgan fingerprint density at radius 3 is 2.80 bits per heavy atom. The van der Waals surface area contributed by atoms with Gasteiger partial charge in [-0.05, 0) is 0 Å². The molecule has 0 radical (unpaired) electrons. The van der Waals surface area contributed by atoms with E-state index in [0.29, 0.717) is 22.5 Å². The summed E-state index contributed by atoms with van der Waals surface area (Å²) in [7, 11) is 0. The number of rotatable bonds is 0. The molecule has 2 heterocycles.